The van der Waals surface area contributed by atoms with E-state index in [1.54, 1.807) is 10.9 Å². The molecule has 0 radical (unpaired) electrons. The van der Waals surface area contributed by atoms with E-state index < -0.39 is 0 Å². The summed E-state index contributed by atoms with van der Waals surface area (Å²) in [6, 6.07) is 0.521. The third-order valence-electron chi connectivity index (χ3n) is 5.32. The van der Waals surface area contributed by atoms with Gasteiger partial charge in [0.15, 0.2) is 5.65 Å². The fourth-order valence-electron chi connectivity index (χ4n) is 3.79. The minimum absolute atomic E-state index is 0.0823. The van der Waals surface area contributed by atoms with E-state index in [0.29, 0.717) is 17.1 Å². The van der Waals surface area contributed by atoms with Crippen LogP contribution in [0.25, 0.3) is 11.0 Å². The Balaban J connectivity index is 1.68. The van der Waals surface area contributed by atoms with Crippen molar-refractivity contribution in [3.8, 4) is 0 Å². The molecule has 1 aliphatic heterocycles. The normalized spacial score (nSPS) is 23.0. The van der Waals surface area contributed by atoms with Gasteiger partial charge in [-0.25, -0.2) is 0 Å². The molecule has 22 heavy (non-hydrogen) atoms. The van der Waals surface area contributed by atoms with Crippen molar-refractivity contribution in [1.82, 2.24) is 19.7 Å². The van der Waals surface area contributed by atoms with Gasteiger partial charge in [0.25, 0.3) is 5.56 Å². The van der Waals surface area contributed by atoms with Crippen LogP contribution in [-0.2, 0) is 7.05 Å². The van der Waals surface area contributed by atoms with Gasteiger partial charge in [-0.3, -0.25) is 14.5 Å². The highest BCUT2D eigenvalue weighted by molar-refractivity contribution is 5.74. The van der Waals surface area contributed by atoms with Gasteiger partial charge < -0.3 is 4.90 Å². The summed E-state index contributed by atoms with van der Waals surface area (Å²) < 4.78 is 1.68. The molecule has 6 nitrogen and oxygen atoms in total. The minimum atomic E-state index is -0.0823. The maximum Gasteiger partial charge on any atom is 0.263 e. The number of nitrogens with one attached hydrogen (secondary N) is 1. The maximum atomic E-state index is 12.3. The van der Waals surface area contributed by atoms with E-state index in [4.69, 9.17) is 4.98 Å². The van der Waals surface area contributed by atoms with Crippen molar-refractivity contribution in [3.63, 3.8) is 0 Å². The minimum Gasteiger partial charge on any atom is -0.339 e. The Bertz CT molecular complexity index is 730. The van der Waals surface area contributed by atoms with Crippen molar-refractivity contribution in [1.29, 1.82) is 0 Å². The van der Waals surface area contributed by atoms with E-state index in [-0.39, 0.29) is 5.56 Å². The Kier molecular flexibility index (Phi) is 3.39. The van der Waals surface area contributed by atoms with Crippen LogP contribution in [0, 0.1) is 5.92 Å². The summed E-state index contributed by atoms with van der Waals surface area (Å²) in [7, 11) is 1.83. The van der Waals surface area contributed by atoms with Crippen molar-refractivity contribution < 1.29 is 0 Å². The Morgan fingerprint density at radius 3 is 2.91 bits per heavy atom. The fourth-order valence-corrected chi connectivity index (χ4v) is 3.79. The van der Waals surface area contributed by atoms with Crippen molar-refractivity contribution in [2.24, 2.45) is 13.0 Å². The molecule has 2 aliphatic rings. The number of H-pyrrole nitrogens is 1. The van der Waals surface area contributed by atoms with Crippen LogP contribution in [0.5, 0.6) is 0 Å². The molecule has 2 aromatic rings. The van der Waals surface area contributed by atoms with Crippen LogP contribution < -0.4 is 10.5 Å². The van der Waals surface area contributed by atoms with E-state index in [9.17, 15) is 4.79 Å². The molecule has 1 atom stereocenters. The number of aromatic amines is 1. The van der Waals surface area contributed by atoms with Crippen LogP contribution in [0.4, 0.5) is 5.95 Å². The molecule has 2 aromatic heterocycles. The first-order valence-corrected chi connectivity index (χ1v) is 8.41. The molecular weight excluding hydrogens is 278 g/mol. The molecule has 1 aliphatic carbocycles. The van der Waals surface area contributed by atoms with Crippen LogP contribution in [0.3, 0.4) is 0 Å². The third kappa shape index (κ3) is 2.30. The highest BCUT2D eigenvalue weighted by Crippen LogP contribution is 2.35. The first-order valence-electron chi connectivity index (χ1n) is 8.41. The molecule has 6 heteroatoms. The van der Waals surface area contributed by atoms with E-state index >= 15 is 0 Å². The number of aryl methyl sites for hydroxylation is 1. The van der Waals surface area contributed by atoms with Gasteiger partial charge in [-0.1, -0.05) is 19.3 Å². The second-order valence-electron chi connectivity index (χ2n) is 6.77. The Labute approximate surface area is 129 Å². The third-order valence-corrected chi connectivity index (χ3v) is 5.32. The molecule has 1 saturated heterocycles. The SMILES string of the molecule is Cn1ncc2c(=O)[nH]c(N3CCCCC3CC3CCC3)nc21. The fraction of sp³-hybridized carbons (Fsp3) is 0.688. The largest absolute Gasteiger partial charge is 0.339 e. The molecule has 4 rings (SSSR count). The smallest absolute Gasteiger partial charge is 0.263 e. The van der Waals surface area contributed by atoms with Gasteiger partial charge in [0.1, 0.15) is 5.39 Å². The predicted octanol–water partition coefficient (Wildman–Crippen LogP) is 2.21. The average molecular weight is 301 g/mol. The lowest BCUT2D eigenvalue weighted by atomic mass is 9.79. The van der Waals surface area contributed by atoms with Gasteiger partial charge >= 0.3 is 0 Å². The quantitative estimate of drug-likeness (QED) is 0.944. The molecule has 1 saturated carbocycles. The molecule has 2 fully saturated rings. The topological polar surface area (TPSA) is 66.8 Å². The first kappa shape index (κ1) is 13.8. The summed E-state index contributed by atoms with van der Waals surface area (Å²) in [5.74, 6) is 1.60. The number of hydrogen-bond donors (Lipinski definition) is 1. The van der Waals surface area contributed by atoms with Crippen LogP contribution >= 0.6 is 0 Å². The van der Waals surface area contributed by atoms with E-state index in [1.807, 2.05) is 7.05 Å². The molecule has 0 amide bonds. The van der Waals surface area contributed by atoms with E-state index in [1.165, 1.54) is 44.9 Å². The lowest BCUT2D eigenvalue weighted by Crippen LogP contribution is -2.43. The summed E-state index contributed by atoms with van der Waals surface area (Å²) in [5, 5.41) is 4.72. The monoisotopic (exact) mass is 301 g/mol. The number of fused-ring (bicyclic) bond motifs is 1. The Morgan fingerprint density at radius 2 is 2.14 bits per heavy atom. The van der Waals surface area contributed by atoms with Gasteiger partial charge in [0.2, 0.25) is 5.95 Å². The number of nitrogens with zero attached hydrogens (tertiary/aromatic N) is 4. The van der Waals surface area contributed by atoms with Gasteiger partial charge in [-0.15, -0.1) is 0 Å². The van der Waals surface area contributed by atoms with E-state index in [2.05, 4.69) is 15.0 Å². The highest BCUT2D eigenvalue weighted by Gasteiger charge is 2.29. The summed E-state index contributed by atoms with van der Waals surface area (Å²) in [5.41, 5.74) is 0.591. The summed E-state index contributed by atoms with van der Waals surface area (Å²) >= 11 is 0. The van der Waals surface area contributed by atoms with Gasteiger partial charge in [-0.05, 0) is 31.6 Å². The first-order chi connectivity index (χ1) is 10.7. The molecule has 0 spiro atoms. The van der Waals surface area contributed by atoms with Gasteiger partial charge in [0, 0.05) is 19.6 Å². The second-order valence-corrected chi connectivity index (χ2v) is 6.77. The summed E-state index contributed by atoms with van der Waals surface area (Å²) in [4.78, 5) is 22.3. The molecule has 1 unspecified atom stereocenters. The summed E-state index contributed by atoms with van der Waals surface area (Å²) in [6.45, 7) is 0.990. The Morgan fingerprint density at radius 1 is 1.27 bits per heavy atom. The molecule has 118 valence electrons. The maximum absolute atomic E-state index is 12.3. The zero-order chi connectivity index (χ0) is 15.1. The molecule has 0 aromatic carbocycles. The molecule has 3 heterocycles. The van der Waals surface area contributed by atoms with Crippen LogP contribution in [0.2, 0.25) is 0 Å². The average Bonchev–Trinajstić information content (AvgIpc) is 2.85. The van der Waals surface area contributed by atoms with Crippen molar-refractivity contribution >= 4 is 17.0 Å². The standard InChI is InChI=1S/C16H23N5O/c1-20-14-13(10-17-20)15(22)19-16(18-14)21-8-3-2-7-12(21)9-11-5-4-6-11/h10-12H,2-9H2,1H3,(H,18,19,22). The van der Waals surface area contributed by atoms with Crippen LogP contribution in [-0.4, -0.2) is 32.3 Å². The zero-order valence-electron chi connectivity index (χ0n) is 13.1. The van der Waals surface area contributed by atoms with Crippen molar-refractivity contribution in [2.75, 3.05) is 11.4 Å². The van der Waals surface area contributed by atoms with E-state index in [0.717, 1.165) is 18.4 Å². The van der Waals surface area contributed by atoms with Gasteiger partial charge in [-0.2, -0.15) is 10.1 Å². The predicted molar refractivity (Wildman–Crippen MR) is 86.1 cm³/mol. The Hall–Kier alpha value is -1.85. The highest BCUT2D eigenvalue weighted by atomic mass is 16.1. The lowest BCUT2D eigenvalue weighted by molar-refractivity contribution is 0.256. The van der Waals surface area contributed by atoms with Crippen molar-refractivity contribution in [2.45, 2.75) is 51.0 Å². The molecule has 0 bridgehead atoms. The molecular formula is C16H23N5O. The number of aromatic nitrogens is 4. The number of piperidine rings is 1. The summed E-state index contributed by atoms with van der Waals surface area (Å²) in [6.07, 6.45) is 10.6. The lowest BCUT2D eigenvalue weighted by Gasteiger charge is -2.39. The zero-order valence-corrected chi connectivity index (χ0v) is 13.1. The van der Waals surface area contributed by atoms with Gasteiger partial charge in [0.05, 0.1) is 6.20 Å². The molecule has 1 N–H and O–H groups in total. The van der Waals surface area contributed by atoms with Crippen LogP contribution in [0.15, 0.2) is 11.0 Å². The number of rotatable bonds is 3. The van der Waals surface area contributed by atoms with Crippen molar-refractivity contribution in [3.05, 3.63) is 16.6 Å². The number of hydrogen-bond acceptors (Lipinski definition) is 4. The second kappa shape index (κ2) is 5.41. The van der Waals surface area contributed by atoms with Crippen LogP contribution in [0.1, 0.15) is 44.9 Å². The number of anilines is 1.